The number of rotatable bonds is 4. The van der Waals surface area contributed by atoms with Gasteiger partial charge in [0.25, 0.3) is 5.91 Å². The van der Waals surface area contributed by atoms with Crippen LogP contribution in [0.5, 0.6) is 0 Å². The number of carbonyl (C=O) groups is 1. The van der Waals surface area contributed by atoms with E-state index in [0.29, 0.717) is 10.4 Å². The molecular weight excluding hydrogens is 302 g/mol. The Labute approximate surface area is 118 Å². The lowest BCUT2D eigenvalue weighted by Crippen LogP contribution is -2.14. The van der Waals surface area contributed by atoms with Gasteiger partial charge in [-0.15, -0.1) is 5.10 Å². The molecule has 10 heteroatoms. The number of anilines is 1. The molecule has 2 rings (SSSR count). The zero-order valence-electron chi connectivity index (χ0n) is 10.9. The third-order valence-electron chi connectivity index (χ3n) is 2.45. The Balaban J connectivity index is 2.12. The number of nitrogens with one attached hydrogen (secondary N) is 1. The summed E-state index contributed by atoms with van der Waals surface area (Å²) in [5.41, 5.74) is 0.511. The van der Waals surface area contributed by atoms with E-state index in [4.69, 9.17) is 9.79 Å². The molecule has 0 aliphatic carbocycles. The van der Waals surface area contributed by atoms with Crippen LogP contribution in [0.3, 0.4) is 0 Å². The van der Waals surface area contributed by atoms with Crippen LogP contribution >= 0.6 is 7.60 Å². The number of nitrogens with zero attached hydrogens (tertiary/aromatic N) is 3. The molecule has 2 aromatic rings. The SMILES string of the molecule is Cc1ccc(NC(=O)c2cnn(CP(=O)(O)O)n2)c(F)c1. The van der Waals surface area contributed by atoms with Crippen molar-refractivity contribution in [2.24, 2.45) is 0 Å². The van der Waals surface area contributed by atoms with Crippen LogP contribution < -0.4 is 5.32 Å². The quantitative estimate of drug-likeness (QED) is 0.728. The van der Waals surface area contributed by atoms with Crippen molar-refractivity contribution in [2.45, 2.75) is 13.2 Å². The summed E-state index contributed by atoms with van der Waals surface area (Å²) in [6.07, 6.45) is 0.302. The maximum Gasteiger partial charge on any atom is 0.348 e. The maximum atomic E-state index is 13.6. The van der Waals surface area contributed by atoms with Crippen LogP contribution in [0, 0.1) is 12.7 Å². The number of benzene rings is 1. The lowest BCUT2D eigenvalue weighted by Gasteiger charge is -2.05. The Kier molecular flexibility index (Phi) is 4.17. The Hall–Kier alpha value is -2.09. The standard InChI is InChI=1S/C11H12FN4O4P/c1-7-2-3-9(8(12)4-7)14-11(17)10-5-13-16(15-10)6-21(18,19)20/h2-5H,6H2,1H3,(H,14,17)(H2,18,19,20). The van der Waals surface area contributed by atoms with Crippen molar-refractivity contribution < 1.29 is 23.5 Å². The smallest absolute Gasteiger partial charge is 0.323 e. The second-order valence-electron chi connectivity index (χ2n) is 4.35. The minimum atomic E-state index is -4.34. The fraction of sp³-hybridized carbons (Fsp3) is 0.182. The van der Waals surface area contributed by atoms with E-state index in [1.807, 2.05) is 0 Å². The van der Waals surface area contributed by atoms with Gasteiger partial charge in [-0.2, -0.15) is 9.90 Å². The Morgan fingerprint density at radius 3 is 2.81 bits per heavy atom. The second kappa shape index (κ2) is 5.72. The zero-order valence-corrected chi connectivity index (χ0v) is 11.8. The molecule has 3 N–H and O–H groups in total. The molecule has 0 saturated carbocycles. The van der Waals surface area contributed by atoms with Gasteiger partial charge in [-0.05, 0) is 24.6 Å². The van der Waals surface area contributed by atoms with Crippen LogP contribution in [0.1, 0.15) is 16.1 Å². The van der Waals surface area contributed by atoms with Gasteiger partial charge in [0, 0.05) is 0 Å². The second-order valence-corrected chi connectivity index (χ2v) is 5.96. The molecule has 0 atom stereocenters. The van der Waals surface area contributed by atoms with Crippen LogP contribution in [0.15, 0.2) is 24.4 Å². The molecule has 21 heavy (non-hydrogen) atoms. The topological polar surface area (TPSA) is 117 Å². The first-order valence-electron chi connectivity index (χ1n) is 5.77. The highest BCUT2D eigenvalue weighted by Gasteiger charge is 2.18. The number of carbonyl (C=O) groups excluding carboxylic acids is 1. The Morgan fingerprint density at radius 1 is 1.48 bits per heavy atom. The fourth-order valence-corrected chi connectivity index (χ4v) is 2.01. The monoisotopic (exact) mass is 314 g/mol. The molecular formula is C11H12FN4O4P. The van der Waals surface area contributed by atoms with Crippen LogP contribution in [-0.4, -0.2) is 30.7 Å². The summed E-state index contributed by atoms with van der Waals surface area (Å²) in [5, 5.41) is 9.48. The third kappa shape index (κ3) is 4.19. The minimum Gasteiger partial charge on any atom is -0.323 e. The van der Waals surface area contributed by atoms with Crippen molar-refractivity contribution in [3.8, 4) is 0 Å². The van der Waals surface area contributed by atoms with E-state index in [9.17, 15) is 13.8 Å². The van der Waals surface area contributed by atoms with Crippen molar-refractivity contribution in [1.29, 1.82) is 0 Å². The van der Waals surface area contributed by atoms with E-state index in [0.717, 1.165) is 6.20 Å². The number of aryl methyl sites for hydroxylation is 1. The number of hydrogen-bond donors (Lipinski definition) is 3. The summed E-state index contributed by atoms with van der Waals surface area (Å²) in [6.45, 7) is 1.71. The van der Waals surface area contributed by atoms with Gasteiger partial charge in [-0.1, -0.05) is 6.07 Å². The molecule has 1 amide bonds. The number of aromatic nitrogens is 3. The minimum absolute atomic E-state index is 0.0184. The molecule has 8 nitrogen and oxygen atoms in total. The molecule has 0 unspecified atom stereocenters. The summed E-state index contributed by atoms with van der Waals surface area (Å²) in [4.78, 5) is 30.1. The molecule has 0 aliphatic heterocycles. The van der Waals surface area contributed by atoms with Crippen molar-refractivity contribution >= 4 is 19.2 Å². The molecule has 112 valence electrons. The average molecular weight is 314 g/mol. The van der Waals surface area contributed by atoms with E-state index in [2.05, 4.69) is 15.5 Å². The Morgan fingerprint density at radius 2 is 2.19 bits per heavy atom. The van der Waals surface area contributed by atoms with Crippen LogP contribution in [0.2, 0.25) is 0 Å². The predicted octanol–water partition coefficient (Wildman–Crippen LogP) is 1.11. The van der Waals surface area contributed by atoms with Gasteiger partial charge in [0.15, 0.2) is 12.0 Å². The highest BCUT2D eigenvalue weighted by molar-refractivity contribution is 7.50. The largest absolute Gasteiger partial charge is 0.348 e. The van der Waals surface area contributed by atoms with E-state index < -0.39 is 25.6 Å². The number of hydrogen-bond acceptors (Lipinski definition) is 4. The van der Waals surface area contributed by atoms with Crippen molar-refractivity contribution in [3.05, 3.63) is 41.5 Å². The van der Waals surface area contributed by atoms with E-state index in [1.54, 1.807) is 13.0 Å². The lowest BCUT2D eigenvalue weighted by molar-refractivity contribution is 0.102. The summed E-state index contributed by atoms with van der Waals surface area (Å²) in [6, 6.07) is 4.30. The Bertz CT molecular complexity index is 727. The van der Waals surface area contributed by atoms with Gasteiger partial charge < -0.3 is 15.1 Å². The zero-order chi connectivity index (χ0) is 15.6. The van der Waals surface area contributed by atoms with Crippen LogP contribution in [0.25, 0.3) is 0 Å². The van der Waals surface area contributed by atoms with Crippen molar-refractivity contribution in [3.63, 3.8) is 0 Å². The highest BCUT2D eigenvalue weighted by Crippen LogP contribution is 2.35. The van der Waals surface area contributed by atoms with E-state index in [1.165, 1.54) is 12.1 Å². The van der Waals surface area contributed by atoms with E-state index >= 15 is 0 Å². The molecule has 0 saturated heterocycles. The highest BCUT2D eigenvalue weighted by atomic mass is 31.2. The molecule has 1 heterocycles. The first kappa shape index (κ1) is 15.3. The summed E-state index contributed by atoms with van der Waals surface area (Å²) >= 11 is 0. The summed E-state index contributed by atoms with van der Waals surface area (Å²) in [5.74, 6) is -1.32. The molecule has 0 radical (unpaired) electrons. The average Bonchev–Trinajstić information content (AvgIpc) is 2.78. The van der Waals surface area contributed by atoms with Gasteiger partial charge in [-0.3, -0.25) is 9.36 Å². The normalized spacial score (nSPS) is 11.4. The maximum absolute atomic E-state index is 13.6. The third-order valence-corrected chi connectivity index (χ3v) is 3.07. The molecule has 0 fully saturated rings. The van der Waals surface area contributed by atoms with Crippen molar-refractivity contribution in [1.82, 2.24) is 15.0 Å². The van der Waals surface area contributed by atoms with Gasteiger partial charge in [0.2, 0.25) is 0 Å². The van der Waals surface area contributed by atoms with Gasteiger partial charge >= 0.3 is 7.60 Å². The molecule has 0 bridgehead atoms. The molecule has 0 aliphatic rings. The van der Waals surface area contributed by atoms with Crippen molar-refractivity contribution in [2.75, 3.05) is 5.32 Å². The molecule has 1 aromatic carbocycles. The first-order valence-corrected chi connectivity index (χ1v) is 7.56. The van der Waals surface area contributed by atoms with E-state index in [-0.39, 0.29) is 11.4 Å². The molecule has 1 aromatic heterocycles. The number of amides is 1. The lowest BCUT2D eigenvalue weighted by atomic mass is 10.2. The predicted molar refractivity (Wildman–Crippen MR) is 71.2 cm³/mol. The fourth-order valence-electron chi connectivity index (χ4n) is 1.54. The summed E-state index contributed by atoms with van der Waals surface area (Å²) in [7, 11) is -4.34. The van der Waals surface area contributed by atoms with Gasteiger partial charge in [0.05, 0.1) is 11.9 Å². The first-order chi connectivity index (χ1) is 9.74. The van der Waals surface area contributed by atoms with Gasteiger partial charge in [0.1, 0.15) is 5.82 Å². The summed E-state index contributed by atoms with van der Waals surface area (Å²) < 4.78 is 24.4. The van der Waals surface area contributed by atoms with Crippen LogP contribution in [0.4, 0.5) is 10.1 Å². The number of halogens is 1. The van der Waals surface area contributed by atoms with Crippen LogP contribution in [-0.2, 0) is 10.9 Å². The molecule has 0 spiro atoms. The van der Waals surface area contributed by atoms with Gasteiger partial charge in [-0.25, -0.2) is 4.39 Å².